The molecule has 11 rings (SSSR count). The molecule has 0 amide bonds. The lowest BCUT2D eigenvalue weighted by Crippen LogP contribution is -2.13. The molecule has 5 nitrogen and oxygen atoms in total. The van der Waals surface area contributed by atoms with E-state index in [4.69, 9.17) is 19.4 Å². The van der Waals surface area contributed by atoms with Gasteiger partial charge in [-0.05, 0) is 82.4 Å². The van der Waals surface area contributed by atoms with Crippen molar-refractivity contribution in [2.24, 2.45) is 5.92 Å². The number of nitrogens with zero attached hydrogens (tertiary/aromatic N) is 4. The van der Waals surface area contributed by atoms with Crippen molar-refractivity contribution in [3.05, 3.63) is 182 Å². The first-order chi connectivity index (χ1) is 27.2. The van der Waals surface area contributed by atoms with Gasteiger partial charge in [0.15, 0.2) is 11.6 Å². The highest BCUT2D eigenvalue weighted by Crippen LogP contribution is 2.40. The zero-order valence-corrected chi connectivity index (χ0v) is 30.1. The first kappa shape index (κ1) is 31.4. The van der Waals surface area contributed by atoms with E-state index < -0.39 is 0 Å². The molecular weight excluding hydrogens is 673 g/mol. The summed E-state index contributed by atoms with van der Waals surface area (Å²) in [5.41, 5.74) is 9.21. The number of furan rings is 1. The van der Waals surface area contributed by atoms with E-state index in [2.05, 4.69) is 187 Å². The second-order valence-corrected chi connectivity index (χ2v) is 14.5. The first-order valence-corrected chi connectivity index (χ1v) is 18.8. The predicted molar refractivity (Wildman–Crippen MR) is 225 cm³/mol. The van der Waals surface area contributed by atoms with E-state index in [1.54, 1.807) is 0 Å². The van der Waals surface area contributed by atoms with Crippen LogP contribution in [0.15, 0.2) is 180 Å². The number of hydrogen-bond donors (Lipinski definition) is 0. The predicted octanol–water partition coefficient (Wildman–Crippen LogP) is 12.9. The molecular formula is C50H34N4O. The van der Waals surface area contributed by atoms with Crippen LogP contribution in [0.4, 0.5) is 0 Å². The Kier molecular flexibility index (Phi) is 7.14. The Morgan fingerprint density at radius 1 is 0.509 bits per heavy atom. The van der Waals surface area contributed by atoms with Crippen LogP contribution in [-0.2, 0) is 0 Å². The highest BCUT2D eigenvalue weighted by atomic mass is 16.3. The fourth-order valence-corrected chi connectivity index (χ4v) is 8.32. The van der Waals surface area contributed by atoms with Crippen LogP contribution in [0.3, 0.4) is 0 Å². The van der Waals surface area contributed by atoms with Gasteiger partial charge in [0, 0.05) is 38.7 Å². The fraction of sp³-hybridized carbons (Fsp3) is 0.0600. The Hall–Kier alpha value is -7.11. The van der Waals surface area contributed by atoms with Crippen LogP contribution in [0.1, 0.15) is 18.7 Å². The van der Waals surface area contributed by atoms with Gasteiger partial charge in [0.1, 0.15) is 17.0 Å². The van der Waals surface area contributed by atoms with Crippen molar-refractivity contribution in [2.45, 2.75) is 12.8 Å². The summed E-state index contributed by atoms with van der Waals surface area (Å²) in [6, 6.07) is 53.6. The summed E-state index contributed by atoms with van der Waals surface area (Å²) in [6.07, 6.45) is 8.58. The summed E-state index contributed by atoms with van der Waals surface area (Å²) in [5, 5.41) is 6.87. The summed E-state index contributed by atoms with van der Waals surface area (Å²) in [7, 11) is 0. The molecule has 3 heterocycles. The molecule has 0 saturated heterocycles. The van der Waals surface area contributed by atoms with Gasteiger partial charge >= 0.3 is 0 Å². The lowest BCUT2D eigenvalue weighted by atomic mass is 9.89. The topological polar surface area (TPSA) is 56.7 Å². The number of rotatable bonds is 5. The Labute approximate surface area is 317 Å². The minimum absolute atomic E-state index is 0.0300. The molecule has 2 unspecified atom stereocenters. The molecule has 0 aliphatic heterocycles. The third-order valence-electron chi connectivity index (χ3n) is 11.1. The van der Waals surface area contributed by atoms with E-state index >= 15 is 0 Å². The number of para-hydroxylation sites is 3. The van der Waals surface area contributed by atoms with Crippen LogP contribution in [0.25, 0.3) is 94.1 Å². The highest BCUT2D eigenvalue weighted by molar-refractivity contribution is 6.12. The number of fused-ring (bicyclic) bond motifs is 7. The number of aromatic nitrogens is 4. The van der Waals surface area contributed by atoms with Gasteiger partial charge in [0.25, 0.3) is 0 Å². The van der Waals surface area contributed by atoms with Gasteiger partial charge in [0.05, 0.1) is 16.6 Å². The summed E-state index contributed by atoms with van der Waals surface area (Å²) < 4.78 is 9.04. The van der Waals surface area contributed by atoms with Crippen LogP contribution in [0.2, 0.25) is 0 Å². The lowest BCUT2D eigenvalue weighted by Gasteiger charge is -2.20. The molecule has 10 aromatic rings. The van der Waals surface area contributed by atoms with E-state index in [0.717, 1.165) is 61.1 Å². The van der Waals surface area contributed by atoms with E-state index in [0.29, 0.717) is 11.6 Å². The number of hydrogen-bond acceptors (Lipinski definition) is 4. The summed E-state index contributed by atoms with van der Waals surface area (Å²) >= 11 is 0. The molecule has 0 radical (unpaired) electrons. The average Bonchev–Trinajstić information content (AvgIpc) is 3.79. The molecule has 2 atom stereocenters. The van der Waals surface area contributed by atoms with Crippen molar-refractivity contribution in [2.75, 3.05) is 0 Å². The van der Waals surface area contributed by atoms with Crippen molar-refractivity contribution in [3.8, 4) is 39.6 Å². The average molecular weight is 707 g/mol. The van der Waals surface area contributed by atoms with Crippen molar-refractivity contribution < 1.29 is 4.42 Å². The summed E-state index contributed by atoms with van der Waals surface area (Å²) in [5.74, 6) is 2.29. The molecule has 1 aliphatic carbocycles. The van der Waals surface area contributed by atoms with Crippen LogP contribution < -0.4 is 0 Å². The van der Waals surface area contributed by atoms with Gasteiger partial charge < -0.3 is 8.98 Å². The van der Waals surface area contributed by atoms with E-state index in [9.17, 15) is 0 Å². The molecule has 0 fully saturated rings. The largest absolute Gasteiger partial charge is 0.455 e. The van der Waals surface area contributed by atoms with Gasteiger partial charge in [-0.15, -0.1) is 0 Å². The Balaban J connectivity index is 1.05. The van der Waals surface area contributed by atoms with Crippen LogP contribution in [0, 0.1) is 5.92 Å². The van der Waals surface area contributed by atoms with Crippen LogP contribution in [-0.4, -0.2) is 19.5 Å². The minimum Gasteiger partial charge on any atom is -0.455 e. The second-order valence-electron chi connectivity index (χ2n) is 14.5. The number of benzene rings is 7. The number of allylic oxidation sites excluding steroid dienone is 4. The molecule has 260 valence electrons. The van der Waals surface area contributed by atoms with Gasteiger partial charge in [-0.3, -0.25) is 0 Å². The Bertz CT molecular complexity index is 3190. The monoisotopic (exact) mass is 706 g/mol. The molecule has 0 spiro atoms. The summed E-state index contributed by atoms with van der Waals surface area (Å²) in [4.78, 5) is 15.4. The molecule has 0 N–H and O–H groups in total. The lowest BCUT2D eigenvalue weighted by molar-refractivity contribution is 0.600. The van der Waals surface area contributed by atoms with Crippen molar-refractivity contribution in [1.29, 1.82) is 0 Å². The van der Waals surface area contributed by atoms with Gasteiger partial charge in [-0.1, -0.05) is 128 Å². The molecule has 5 heteroatoms. The minimum atomic E-state index is 0.0300. The zero-order valence-electron chi connectivity index (χ0n) is 30.1. The molecule has 3 aromatic heterocycles. The second kappa shape index (κ2) is 12.5. The third-order valence-corrected chi connectivity index (χ3v) is 11.1. The first-order valence-electron chi connectivity index (χ1n) is 18.8. The van der Waals surface area contributed by atoms with Crippen molar-refractivity contribution >= 4 is 54.5 Å². The van der Waals surface area contributed by atoms with Gasteiger partial charge in [-0.25, -0.2) is 15.0 Å². The quantitative estimate of drug-likeness (QED) is 0.179. The SMILES string of the molecule is CC1C=CC=CC1c1nc(-c2ccc3ccccc3c2)nc(-c2cccc3c2oc2ccc(-c4ccc5c(c4)c4ccccc4n5-c4ccccc4)cc23)n1. The third kappa shape index (κ3) is 5.19. The van der Waals surface area contributed by atoms with Gasteiger partial charge in [0.2, 0.25) is 0 Å². The smallest absolute Gasteiger partial charge is 0.167 e. The molecule has 55 heavy (non-hydrogen) atoms. The molecule has 0 saturated carbocycles. The standard InChI is InChI=1S/C50H34N4O/c1-31-12-5-8-17-38(31)49-51-48(36-23-22-32-13-6-7-14-33(32)28-36)52-50(53-49)41-20-11-19-40-43-30-35(25-27-46(43)55-47(40)41)34-24-26-45-42(29-34)39-18-9-10-21-44(39)54(45)37-15-3-2-4-16-37/h2-31,38H,1H3. The highest BCUT2D eigenvalue weighted by Gasteiger charge is 2.24. The van der Waals surface area contributed by atoms with Crippen LogP contribution >= 0.6 is 0 Å². The van der Waals surface area contributed by atoms with Crippen molar-refractivity contribution in [3.63, 3.8) is 0 Å². The Morgan fingerprint density at radius 2 is 1.22 bits per heavy atom. The molecule has 7 aromatic carbocycles. The van der Waals surface area contributed by atoms with E-state index in [-0.39, 0.29) is 11.8 Å². The summed E-state index contributed by atoms with van der Waals surface area (Å²) in [6.45, 7) is 2.21. The van der Waals surface area contributed by atoms with E-state index in [1.807, 2.05) is 0 Å². The van der Waals surface area contributed by atoms with Gasteiger partial charge in [-0.2, -0.15) is 0 Å². The fourth-order valence-electron chi connectivity index (χ4n) is 8.32. The molecule has 1 aliphatic rings. The maximum atomic E-state index is 6.69. The normalized spacial score (nSPS) is 15.6. The molecule has 0 bridgehead atoms. The maximum Gasteiger partial charge on any atom is 0.167 e. The van der Waals surface area contributed by atoms with Crippen molar-refractivity contribution in [1.82, 2.24) is 19.5 Å². The van der Waals surface area contributed by atoms with Crippen LogP contribution in [0.5, 0.6) is 0 Å². The Morgan fingerprint density at radius 3 is 2.11 bits per heavy atom. The van der Waals surface area contributed by atoms with E-state index in [1.165, 1.54) is 27.2 Å². The maximum absolute atomic E-state index is 6.69. The zero-order chi connectivity index (χ0) is 36.5.